The maximum atomic E-state index is 12.9. The van der Waals surface area contributed by atoms with Crippen molar-refractivity contribution < 1.29 is 14.3 Å². The third-order valence-corrected chi connectivity index (χ3v) is 2.64. The number of aliphatic hydroxyl groups is 1. The highest BCUT2D eigenvalue weighted by Gasteiger charge is 2.08. The molecule has 3 nitrogen and oxygen atoms in total. The first kappa shape index (κ1) is 13.1. The van der Waals surface area contributed by atoms with Crippen molar-refractivity contribution in [2.45, 2.75) is 19.4 Å². The second-order valence-corrected chi connectivity index (χ2v) is 4.38. The number of amides is 1. The number of rotatable bonds is 4. The van der Waals surface area contributed by atoms with E-state index in [1.54, 1.807) is 6.92 Å². The van der Waals surface area contributed by atoms with Crippen molar-refractivity contribution in [3.63, 3.8) is 0 Å². The summed E-state index contributed by atoms with van der Waals surface area (Å²) >= 11 is 3.01. The van der Waals surface area contributed by atoms with Crippen molar-refractivity contribution in [2.75, 3.05) is 6.54 Å². The van der Waals surface area contributed by atoms with E-state index in [-0.39, 0.29) is 10.4 Å². The minimum absolute atomic E-state index is 0.260. The molecule has 0 bridgehead atoms. The number of carbonyl (C=O) groups is 1. The normalized spacial score (nSPS) is 12.2. The summed E-state index contributed by atoms with van der Waals surface area (Å²) in [4.78, 5) is 11.6. The van der Waals surface area contributed by atoms with Gasteiger partial charge in [-0.1, -0.05) is 0 Å². The zero-order chi connectivity index (χ0) is 12.1. The predicted molar refractivity (Wildman–Crippen MR) is 62.7 cm³/mol. The van der Waals surface area contributed by atoms with E-state index in [0.29, 0.717) is 18.5 Å². The van der Waals surface area contributed by atoms with E-state index >= 15 is 0 Å². The third-order valence-electron chi connectivity index (χ3n) is 2.03. The molecule has 1 aromatic rings. The van der Waals surface area contributed by atoms with Crippen molar-refractivity contribution in [2.24, 2.45) is 0 Å². The molecule has 0 aliphatic rings. The Hall–Kier alpha value is -0.940. The van der Waals surface area contributed by atoms with Crippen LogP contribution >= 0.6 is 15.9 Å². The fraction of sp³-hybridized carbons (Fsp3) is 0.364. The van der Waals surface area contributed by atoms with Crippen LogP contribution in [0.3, 0.4) is 0 Å². The van der Waals surface area contributed by atoms with Gasteiger partial charge in [0.2, 0.25) is 0 Å². The molecule has 0 unspecified atom stereocenters. The Balaban J connectivity index is 2.56. The lowest BCUT2D eigenvalue weighted by Crippen LogP contribution is -2.26. The smallest absolute Gasteiger partial charge is 0.251 e. The Labute approximate surface area is 102 Å². The Bertz CT molecular complexity index is 382. The lowest BCUT2D eigenvalue weighted by Gasteiger charge is -2.07. The van der Waals surface area contributed by atoms with Gasteiger partial charge in [-0.15, -0.1) is 0 Å². The van der Waals surface area contributed by atoms with Gasteiger partial charge in [0.15, 0.2) is 0 Å². The Kier molecular flexibility index (Phi) is 4.89. The molecule has 16 heavy (non-hydrogen) atoms. The summed E-state index contributed by atoms with van der Waals surface area (Å²) in [7, 11) is 0. The minimum Gasteiger partial charge on any atom is -0.393 e. The maximum Gasteiger partial charge on any atom is 0.251 e. The van der Waals surface area contributed by atoms with Crippen LogP contribution in [-0.2, 0) is 0 Å². The molecule has 0 fully saturated rings. The van der Waals surface area contributed by atoms with Gasteiger partial charge in [-0.3, -0.25) is 4.79 Å². The van der Waals surface area contributed by atoms with Crippen LogP contribution in [0.15, 0.2) is 22.7 Å². The number of aliphatic hydroxyl groups excluding tert-OH is 1. The van der Waals surface area contributed by atoms with E-state index in [9.17, 15) is 9.18 Å². The summed E-state index contributed by atoms with van der Waals surface area (Å²) in [6.07, 6.45) is 0.0499. The van der Waals surface area contributed by atoms with Gasteiger partial charge in [-0.25, -0.2) is 4.39 Å². The third kappa shape index (κ3) is 3.90. The van der Waals surface area contributed by atoms with Crippen LogP contribution in [0.2, 0.25) is 0 Å². The molecule has 0 saturated heterocycles. The molecule has 0 aliphatic heterocycles. The summed E-state index contributed by atoms with van der Waals surface area (Å²) in [5.41, 5.74) is 0.388. The quantitative estimate of drug-likeness (QED) is 0.892. The molecule has 0 spiro atoms. The van der Waals surface area contributed by atoms with Crippen molar-refractivity contribution in [1.82, 2.24) is 5.32 Å². The second-order valence-electron chi connectivity index (χ2n) is 3.52. The average molecular weight is 290 g/mol. The number of hydrogen-bond acceptors (Lipinski definition) is 2. The fourth-order valence-corrected chi connectivity index (χ4v) is 1.51. The molecular weight excluding hydrogens is 277 g/mol. The lowest BCUT2D eigenvalue weighted by atomic mass is 10.2. The molecular formula is C11H13BrFNO2. The highest BCUT2D eigenvalue weighted by molar-refractivity contribution is 9.10. The highest BCUT2D eigenvalue weighted by atomic mass is 79.9. The van der Waals surface area contributed by atoms with E-state index in [2.05, 4.69) is 21.2 Å². The van der Waals surface area contributed by atoms with E-state index in [0.717, 1.165) is 0 Å². The van der Waals surface area contributed by atoms with Gasteiger partial charge in [-0.2, -0.15) is 0 Å². The summed E-state index contributed by atoms with van der Waals surface area (Å²) in [5, 5.41) is 11.6. The maximum absolute atomic E-state index is 12.9. The Morgan fingerprint density at radius 1 is 1.62 bits per heavy atom. The molecule has 88 valence electrons. The topological polar surface area (TPSA) is 49.3 Å². The minimum atomic E-state index is -0.444. The zero-order valence-corrected chi connectivity index (χ0v) is 10.4. The standard InChI is InChI=1S/C11H13BrFNO2/c1-7(15)4-5-14-11(16)8-2-3-10(13)9(12)6-8/h2-3,6-7,15H,4-5H2,1H3,(H,14,16)/t7-/m1/s1. The molecule has 1 rings (SSSR count). The van der Waals surface area contributed by atoms with Crippen molar-refractivity contribution in [3.05, 3.63) is 34.1 Å². The molecule has 1 amide bonds. The first-order valence-electron chi connectivity index (χ1n) is 4.92. The van der Waals surface area contributed by atoms with Crippen molar-refractivity contribution >= 4 is 21.8 Å². The fourth-order valence-electron chi connectivity index (χ4n) is 1.13. The van der Waals surface area contributed by atoms with Gasteiger partial charge >= 0.3 is 0 Å². The van der Waals surface area contributed by atoms with Gasteiger partial charge in [0.05, 0.1) is 10.6 Å². The molecule has 0 aliphatic carbocycles. The van der Waals surface area contributed by atoms with Crippen molar-refractivity contribution in [1.29, 1.82) is 0 Å². The van der Waals surface area contributed by atoms with Gasteiger partial charge in [0.1, 0.15) is 5.82 Å². The van der Waals surface area contributed by atoms with Crippen LogP contribution in [-0.4, -0.2) is 23.7 Å². The molecule has 0 radical (unpaired) electrons. The van der Waals surface area contributed by atoms with Gasteiger partial charge in [0, 0.05) is 12.1 Å². The molecule has 0 aromatic heterocycles. The predicted octanol–water partition coefficient (Wildman–Crippen LogP) is 2.09. The molecule has 1 aromatic carbocycles. The molecule has 5 heteroatoms. The first-order valence-corrected chi connectivity index (χ1v) is 5.71. The van der Waals surface area contributed by atoms with Gasteiger partial charge in [0.25, 0.3) is 5.91 Å². The van der Waals surface area contributed by atoms with Gasteiger partial charge in [-0.05, 0) is 47.5 Å². The van der Waals surface area contributed by atoms with Crippen LogP contribution in [0.5, 0.6) is 0 Å². The number of hydrogen-bond donors (Lipinski definition) is 2. The van der Waals surface area contributed by atoms with Crippen LogP contribution in [0.1, 0.15) is 23.7 Å². The first-order chi connectivity index (χ1) is 7.50. The van der Waals surface area contributed by atoms with Crippen molar-refractivity contribution in [3.8, 4) is 0 Å². The second kappa shape index (κ2) is 5.96. The van der Waals surface area contributed by atoms with E-state index in [1.165, 1.54) is 18.2 Å². The molecule has 0 heterocycles. The Morgan fingerprint density at radius 2 is 2.31 bits per heavy atom. The summed E-state index contributed by atoms with van der Waals surface area (Å²) in [5.74, 6) is -0.679. The zero-order valence-electron chi connectivity index (χ0n) is 8.84. The van der Waals surface area contributed by atoms with Crippen LogP contribution in [0.4, 0.5) is 4.39 Å². The molecule has 2 N–H and O–H groups in total. The van der Waals surface area contributed by atoms with E-state index in [4.69, 9.17) is 5.11 Å². The summed E-state index contributed by atoms with van der Waals surface area (Å²) < 4.78 is 13.2. The Morgan fingerprint density at radius 3 is 2.88 bits per heavy atom. The van der Waals surface area contributed by atoms with Crippen LogP contribution in [0, 0.1) is 5.82 Å². The number of benzene rings is 1. The number of nitrogens with one attached hydrogen (secondary N) is 1. The summed E-state index contributed by atoms with van der Waals surface area (Å²) in [6.45, 7) is 2.05. The average Bonchev–Trinajstić information content (AvgIpc) is 2.21. The summed E-state index contributed by atoms with van der Waals surface area (Å²) in [6, 6.07) is 4.07. The molecule has 0 saturated carbocycles. The van der Waals surface area contributed by atoms with Gasteiger partial charge < -0.3 is 10.4 Å². The SMILES string of the molecule is C[C@@H](O)CCNC(=O)c1ccc(F)c(Br)c1. The van der Waals surface area contributed by atoms with E-state index in [1.807, 2.05) is 0 Å². The molecule has 1 atom stereocenters. The number of carbonyl (C=O) groups excluding carboxylic acids is 1. The largest absolute Gasteiger partial charge is 0.393 e. The van der Waals surface area contributed by atoms with Crippen LogP contribution in [0.25, 0.3) is 0 Å². The highest BCUT2D eigenvalue weighted by Crippen LogP contribution is 2.16. The lowest BCUT2D eigenvalue weighted by molar-refractivity contribution is 0.0945. The monoisotopic (exact) mass is 289 g/mol. The number of halogens is 2. The van der Waals surface area contributed by atoms with E-state index < -0.39 is 11.9 Å². The van der Waals surface area contributed by atoms with Crippen LogP contribution < -0.4 is 5.32 Å².